The molecule has 2 N–H and O–H groups in total. The summed E-state index contributed by atoms with van der Waals surface area (Å²) in [5, 5.41) is 2.30. The lowest BCUT2D eigenvalue weighted by atomic mass is 10.0. The topological polar surface area (TPSA) is 35.1 Å². The average Bonchev–Trinajstić information content (AvgIpc) is 3.10. The normalized spacial score (nSPS) is 17.3. The third-order valence-corrected chi connectivity index (χ3v) is 4.24. The molecule has 122 valence electrons. The largest absolute Gasteiger partial charge is 0.487 e. The summed E-state index contributed by atoms with van der Waals surface area (Å²) in [5.74, 6) is 1.00. The number of para-hydroxylation sites is 1. The maximum atomic E-state index is 6.00. The summed E-state index contributed by atoms with van der Waals surface area (Å²) in [5.41, 5.74) is 2.56. The van der Waals surface area contributed by atoms with E-state index in [1.807, 2.05) is 6.07 Å². The number of hydrogen-bond donors (Lipinski definition) is 1. The van der Waals surface area contributed by atoms with Crippen molar-refractivity contribution in [3.63, 3.8) is 0 Å². The van der Waals surface area contributed by atoms with Crippen molar-refractivity contribution >= 4 is 0 Å². The van der Waals surface area contributed by atoms with Gasteiger partial charge in [0.05, 0.1) is 0 Å². The predicted molar refractivity (Wildman–Crippen MR) is 91.8 cm³/mol. The monoisotopic (exact) mass is 312 g/mol. The Kier molecular flexibility index (Phi) is 6.07. The lowest BCUT2D eigenvalue weighted by molar-refractivity contribution is -0.661. The number of rotatable bonds is 8. The molecule has 0 unspecified atom stereocenters. The highest BCUT2D eigenvalue weighted by Crippen LogP contribution is 2.21. The fraction of sp³-hybridized carbons (Fsp3) is 0.400. The Morgan fingerprint density at radius 3 is 2.70 bits per heavy atom. The smallest absolute Gasteiger partial charge is 0.137 e. The molecule has 1 aliphatic rings. The van der Waals surface area contributed by atoms with Gasteiger partial charge >= 0.3 is 0 Å². The molecule has 1 atom stereocenters. The second-order valence-electron chi connectivity index (χ2n) is 6.07. The highest BCUT2D eigenvalue weighted by molar-refractivity contribution is 5.37. The van der Waals surface area contributed by atoms with Crippen molar-refractivity contribution in [2.45, 2.75) is 25.4 Å². The fourth-order valence-electron chi connectivity index (χ4n) is 2.99. The molecule has 0 amide bonds. The van der Waals surface area contributed by atoms with E-state index in [-0.39, 0.29) is 0 Å². The minimum Gasteiger partial charge on any atom is -0.487 e. The molecule has 1 saturated heterocycles. The zero-order valence-electron chi connectivity index (χ0n) is 13.6. The van der Waals surface area contributed by atoms with Crippen LogP contribution in [0.25, 0.3) is 0 Å². The molecule has 1 fully saturated rings. The van der Waals surface area contributed by atoms with Gasteiger partial charge in [-0.1, -0.05) is 48.5 Å². The molecule has 1 heterocycles. The van der Waals surface area contributed by atoms with Gasteiger partial charge in [0.25, 0.3) is 0 Å². The SMILES string of the molecule is c1ccc(Cc2ccccc2OCC[NH2+]C[C@H]2CCCO2)cc1. The van der Waals surface area contributed by atoms with Crippen molar-refractivity contribution in [1.82, 2.24) is 0 Å². The Morgan fingerprint density at radius 2 is 1.87 bits per heavy atom. The molecule has 0 spiro atoms. The number of quaternary nitrogens is 1. The Labute approximate surface area is 138 Å². The second-order valence-corrected chi connectivity index (χ2v) is 6.07. The summed E-state index contributed by atoms with van der Waals surface area (Å²) < 4.78 is 11.6. The summed E-state index contributed by atoms with van der Waals surface area (Å²) in [6, 6.07) is 18.9. The van der Waals surface area contributed by atoms with Crippen LogP contribution in [0.15, 0.2) is 54.6 Å². The standard InChI is InChI=1S/C20H25NO2/c1-2-7-17(8-3-1)15-18-9-4-5-11-20(18)23-14-12-21-16-19-10-6-13-22-19/h1-5,7-9,11,19,21H,6,10,12-16H2/p+1/t19-/m1/s1. The molecule has 2 aromatic carbocycles. The van der Waals surface area contributed by atoms with E-state index in [1.54, 1.807) is 0 Å². The zero-order chi connectivity index (χ0) is 15.7. The van der Waals surface area contributed by atoms with Crippen LogP contribution < -0.4 is 10.1 Å². The quantitative estimate of drug-likeness (QED) is 0.760. The first-order valence-corrected chi connectivity index (χ1v) is 8.60. The van der Waals surface area contributed by atoms with E-state index < -0.39 is 0 Å². The lowest BCUT2D eigenvalue weighted by Gasteiger charge is -2.12. The van der Waals surface area contributed by atoms with Crippen molar-refractivity contribution in [1.29, 1.82) is 0 Å². The molecule has 3 nitrogen and oxygen atoms in total. The lowest BCUT2D eigenvalue weighted by Crippen LogP contribution is -2.87. The second kappa shape index (κ2) is 8.70. The summed E-state index contributed by atoms with van der Waals surface area (Å²) in [6.07, 6.45) is 3.77. The highest BCUT2D eigenvalue weighted by Gasteiger charge is 2.16. The third kappa shape index (κ3) is 5.08. The van der Waals surface area contributed by atoms with Gasteiger partial charge in [0.15, 0.2) is 0 Å². The number of benzene rings is 2. The van der Waals surface area contributed by atoms with Gasteiger partial charge in [-0.15, -0.1) is 0 Å². The third-order valence-electron chi connectivity index (χ3n) is 4.24. The zero-order valence-corrected chi connectivity index (χ0v) is 13.6. The van der Waals surface area contributed by atoms with Crippen LogP contribution in [-0.4, -0.2) is 32.4 Å². The van der Waals surface area contributed by atoms with Crippen molar-refractivity contribution < 1.29 is 14.8 Å². The number of hydrogen-bond acceptors (Lipinski definition) is 2. The molecule has 0 radical (unpaired) electrons. The summed E-state index contributed by atoms with van der Waals surface area (Å²) >= 11 is 0. The van der Waals surface area contributed by atoms with Crippen LogP contribution in [0.3, 0.4) is 0 Å². The van der Waals surface area contributed by atoms with E-state index in [1.165, 1.54) is 24.0 Å². The van der Waals surface area contributed by atoms with Crippen molar-refractivity contribution in [2.75, 3.05) is 26.3 Å². The van der Waals surface area contributed by atoms with Crippen LogP contribution >= 0.6 is 0 Å². The summed E-state index contributed by atoms with van der Waals surface area (Å²) in [7, 11) is 0. The number of ether oxygens (including phenoxy) is 2. The first-order chi connectivity index (χ1) is 11.4. The first-order valence-electron chi connectivity index (χ1n) is 8.60. The Morgan fingerprint density at radius 1 is 1.04 bits per heavy atom. The first kappa shape index (κ1) is 16.0. The molecule has 23 heavy (non-hydrogen) atoms. The van der Waals surface area contributed by atoms with E-state index >= 15 is 0 Å². The molecule has 0 bridgehead atoms. The van der Waals surface area contributed by atoms with Crippen LogP contribution in [0.5, 0.6) is 5.75 Å². The molecule has 0 aromatic heterocycles. The van der Waals surface area contributed by atoms with Crippen molar-refractivity contribution in [3.05, 3.63) is 65.7 Å². The van der Waals surface area contributed by atoms with E-state index in [9.17, 15) is 0 Å². The Hall–Kier alpha value is -1.84. The molecule has 2 aromatic rings. The van der Waals surface area contributed by atoms with Crippen molar-refractivity contribution in [3.8, 4) is 5.75 Å². The van der Waals surface area contributed by atoms with Crippen LogP contribution in [0.1, 0.15) is 24.0 Å². The van der Waals surface area contributed by atoms with E-state index in [4.69, 9.17) is 9.47 Å². The van der Waals surface area contributed by atoms with Gasteiger partial charge in [0.2, 0.25) is 0 Å². The van der Waals surface area contributed by atoms with Gasteiger partial charge in [-0.25, -0.2) is 0 Å². The minimum absolute atomic E-state index is 0.445. The van der Waals surface area contributed by atoms with Crippen LogP contribution in [0, 0.1) is 0 Å². The predicted octanol–water partition coefficient (Wildman–Crippen LogP) is 2.40. The molecule has 0 saturated carbocycles. The molecular weight excluding hydrogens is 286 g/mol. The van der Waals surface area contributed by atoms with Crippen LogP contribution in [0.4, 0.5) is 0 Å². The van der Waals surface area contributed by atoms with Gasteiger partial charge in [-0.2, -0.15) is 0 Å². The van der Waals surface area contributed by atoms with Crippen LogP contribution in [0.2, 0.25) is 0 Å². The Bertz CT molecular complexity index is 579. The fourth-order valence-corrected chi connectivity index (χ4v) is 2.99. The van der Waals surface area contributed by atoms with E-state index in [0.717, 1.165) is 38.5 Å². The highest BCUT2D eigenvalue weighted by atomic mass is 16.5. The van der Waals surface area contributed by atoms with Crippen molar-refractivity contribution in [2.24, 2.45) is 0 Å². The van der Waals surface area contributed by atoms with Gasteiger partial charge in [-0.3, -0.25) is 0 Å². The molecule has 1 aliphatic heterocycles. The average molecular weight is 312 g/mol. The minimum atomic E-state index is 0.445. The molecular formula is C20H26NO2+. The maximum Gasteiger partial charge on any atom is 0.137 e. The number of nitrogens with two attached hydrogens (primary N) is 1. The molecule has 3 heteroatoms. The van der Waals surface area contributed by atoms with E-state index in [2.05, 4.69) is 53.8 Å². The molecule has 3 rings (SSSR count). The summed E-state index contributed by atoms with van der Waals surface area (Å²) in [6.45, 7) is 3.69. The Balaban J connectivity index is 1.46. The van der Waals surface area contributed by atoms with Crippen LogP contribution in [-0.2, 0) is 11.2 Å². The van der Waals surface area contributed by atoms with Gasteiger partial charge in [-0.05, 0) is 30.0 Å². The molecule has 0 aliphatic carbocycles. The maximum absolute atomic E-state index is 6.00. The summed E-state index contributed by atoms with van der Waals surface area (Å²) in [4.78, 5) is 0. The van der Waals surface area contributed by atoms with Gasteiger partial charge in [0.1, 0.15) is 31.5 Å². The van der Waals surface area contributed by atoms with Gasteiger partial charge < -0.3 is 14.8 Å². The van der Waals surface area contributed by atoms with Gasteiger partial charge in [0, 0.05) is 13.0 Å². The van der Waals surface area contributed by atoms with E-state index in [0.29, 0.717) is 6.10 Å².